The molecule has 0 saturated heterocycles. The molecule has 3 N–H and O–H groups in total. The number of rotatable bonds is 5. The normalized spacial score (nSPS) is 22.5. The molecule has 1 aromatic rings. The Hall–Kier alpha value is -1.59. The van der Waals surface area contributed by atoms with Crippen LogP contribution in [0.1, 0.15) is 71.9 Å². The molecule has 146 valence electrons. The van der Waals surface area contributed by atoms with E-state index < -0.39 is 11.2 Å². The van der Waals surface area contributed by atoms with Gasteiger partial charge in [0.05, 0.1) is 11.6 Å². The van der Waals surface area contributed by atoms with Crippen LogP contribution in [0, 0.1) is 0 Å². The van der Waals surface area contributed by atoms with E-state index >= 15 is 0 Å². The molecule has 0 aromatic heterocycles. The fourth-order valence-electron chi connectivity index (χ4n) is 3.47. The molecule has 0 heterocycles. The van der Waals surface area contributed by atoms with Crippen molar-refractivity contribution in [2.45, 2.75) is 89.6 Å². The molecule has 1 aliphatic rings. The Balaban J connectivity index is 1.88. The summed E-state index contributed by atoms with van der Waals surface area (Å²) >= 11 is 0. The van der Waals surface area contributed by atoms with Crippen molar-refractivity contribution in [3.05, 3.63) is 35.9 Å². The van der Waals surface area contributed by atoms with Crippen molar-refractivity contribution in [3.63, 3.8) is 0 Å². The van der Waals surface area contributed by atoms with Crippen LogP contribution in [0.25, 0.3) is 0 Å². The summed E-state index contributed by atoms with van der Waals surface area (Å²) in [6, 6.07) is 10.4. The fraction of sp³-hybridized carbons (Fsp3) is 0.667. The van der Waals surface area contributed by atoms with Gasteiger partial charge in [-0.3, -0.25) is 0 Å². The lowest BCUT2D eigenvalue weighted by atomic mass is 9.87. The summed E-state index contributed by atoms with van der Waals surface area (Å²) in [4.78, 5) is 11.9. The molecule has 0 aliphatic heterocycles. The van der Waals surface area contributed by atoms with E-state index in [4.69, 9.17) is 4.74 Å². The van der Waals surface area contributed by atoms with Gasteiger partial charge in [-0.25, -0.2) is 4.79 Å². The van der Waals surface area contributed by atoms with Gasteiger partial charge >= 0.3 is 6.09 Å². The minimum absolute atomic E-state index is 0.121. The van der Waals surface area contributed by atoms with Crippen molar-refractivity contribution in [1.29, 1.82) is 0 Å². The molecule has 26 heavy (non-hydrogen) atoms. The van der Waals surface area contributed by atoms with Gasteiger partial charge < -0.3 is 20.5 Å². The van der Waals surface area contributed by atoms with Gasteiger partial charge in [-0.2, -0.15) is 0 Å². The molecule has 0 spiro atoms. The zero-order valence-corrected chi connectivity index (χ0v) is 16.7. The smallest absolute Gasteiger partial charge is 0.407 e. The first-order valence-corrected chi connectivity index (χ1v) is 9.57. The Morgan fingerprint density at radius 1 is 1.04 bits per heavy atom. The molecule has 0 radical (unpaired) electrons. The number of benzene rings is 1. The summed E-state index contributed by atoms with van der Waals surface area (Å²) in [6.45, 7) is 9.29. The highest BCUT2D eigenvalue weighted by atomic mass is 16.6. The van der Waals surface area contributed by atoms with Crippen molar-refractivity contribution >= 4 is 6.09 Å². The molecule has 1 fully saturated rings. The molecule has 1 atom stereocenters. The Morgan fingerprint density at radius 3 is 2.08 bits per heavy atom. The van der Waals surface area contributed by atoms with Crippen LogP contribution in [0.2, 0.25) is 0 Å². The van der Waals surface area contributed by atoms with Gasteiger partial charge in [0.15, 0.2) is 0 Å². The average molecular weight is 363 g/mol. The van der Waals surface area contributed by atoms with Crippen LogP contribution in [0.15, 0.2) is 30.3 Å². The van der Waals surface area contributed by atoms with Crippen molar-refractivity contribution in [2.75, 3.05) is 0 Å². The van der Waals surface area contributed by atoms with E-state index in [9.17, 15) is 9.90 Å². The summed E-state index contributed by atoms with van der Waals surface area (Å²) in [5.41, 5.74) is -0.236. The number of ether oxygens (including phenoxy) is 1. The average Bonchev–Trinajstić information content (AvgIpc) is 2.52. The topological polar surface area (TPSA) is 70.6 Å². The number of carbonyl (C=O) groups excluding carboxylic acids is 1. The van der Waals surface area contributed by atoms with E-state index in [1.54, 1.807) is 0 Å². The van der Waals surface area contributed by atoms with Crippen molar-refractivity contribution in [2.24, 2.45) is 0 Å². The monoisotopic (exact) mass is 362 g/mol. The van der Waals surface area contributed by atoms with Crippen LogP contribution in [0.5, 0.6) is 0 Å². The van der Waals surface area contributed by atoms with Crippen molar-refractivity contribution in [3.8, 4) is 0 Å². The predicted molar refractivity (Wildman–Crippen MR) is 104 cm³/mol. The Morgan fingerprint density at radius 2 is 1.58 bits per heavy atom. The van der Waals surface area contributed by atoms with Gasteiger partial charge in [0, 0.05) is 12.1 Å². The quantitative estimate of drug-likeness (QED) is 0.742. The molecule has 1 aliphatic carbocycles. The zero-order valence-electron chi connectivity index (χ0n) is 16.7. The predicted octanol–water partition coefficient (Wildman–Crippen LogP) is 3.92. The second-order valence-corrected chi connectivity index (χ2v) is 8.86. The van der Waals surface area contributed by atoms with Gasteiger partial charge in [-0.15, -0.1) is 0 Å². The van der Waals surface area contributed by atoms with Crippen LogP contribution in [-0.4, -0.2) is 34.5 Å². The summed E-state index contributed by atoms with van der Waals surface area (Å²) < 4.78 is 5.34. The Bertz CT molecular complexity index is 567. The maximum absolute atomic E-state index is 11.9. The maximum Gasteiger partial charge on any atom is 0.407 e. The lowest BCUT2D eigenvalue weighted by molar-refractivity contribution is 0.0290. The highest BCUT2D eigenvalue weighted by Gasteiger charge is 2.32. The summed E-state index contributed by atoms with van der Waals surface area (Å²) in [5, 5.41) is 17.2. The number of alkyl carbamates (subject to hydrolysis) is 1. The van der Waals surface area contributed by atoms with Crippen LogP contribution >= 0.6 is 0 Å². The SMILES string of the molecule is CC(C)(C)OC(=O)NC1CCC(NC(c2ccccc2)C(C)(C)O)CC1. The third-order valence-electron chi connectivity index (χ3n) is 4.69. The fourth-order valence-corrected chi connectivity index (χ4v) is 3.47. The molecular formula is C21H34N2O3. The summed E-state index contributed by atoms with van der Waals surface area (Å²) in [5.74, 6) is 0. The lowest BCUT2D eigenvalue weighted by Gasteiger charge is -2.37. The van der Waals surface area contributed by atoms with Gasteiger partial charge in [-0.1, -0.05) is 30.3 Å². The number of aliphatic hydroxyl groups is 1. The third kappa shape index (κ3) is 6.61. The molecule has 1 saturated carbocycles. The van der Waals surface area contributed by atoms with Crippen molar-refractivity contribution in [1.82, 2.24) is 10.6 Å². The van der Waals surface area contributed by atoms with Crippen molar-refractivity contribution < 1.29 is 14.6 Å². The van der Waals surface area contributed by atoms with Gasteiger partial charge in [0.1, 0.15) is 5.60 Å². The van der Waals surface area contributed by atoms with E-state index in [1.807, 2.05) is 65.0 Å². The first-order valence-electron chi connectivity index (χ1n) is 9.57. The molecule has 1 amide bonds. The van der Waals surface area contributed by atoms with E-state index in [0.29, 0.717) is 6.04 Å². The van der Waals surface area contributed by atoms with E-state index in [-0.39, 0.29) is 18.2 Å². The largest absolute Gasteiger partial charge is 0.444 e. The van der Waals surface area contributed by atoms with Gasteiger partial charge in [-0.05, 0) is 65.9 Å². The standard InChI is InChI=1S/C21H34N2O3/c1-20(2,3)26-19(24)23-17-13-11-16(12-14-17)22-18(21(4,5)25)15-9-7-6-8-10-15/h6-10,16-18,22,25H,11-14H2,1-5H3,(H,23,24). The van der Waals surface area contributed by atoms with Crippen LogP contribution in [-0.2, 0) is 4.74 Å². The highest BCUT2D eigenvalue weighted by molar-refractivity contribution is 5.68. The Kier molecular flexibility index (Phi) is 6.69. The Labute approximate surface area is 157 Å². The maximum atomic E-state index is 11.9. The number of carbonyl (C=O) groups is 1. The number of hydrogen-bond acceptors (Lipinski definition) is 4. The molecule has 1 aromatic carbocycles. The highest BCUT2D eigenvalue weighted by Crippen LogP contribution is 2.29. The molecular weight excluding hydrogens is 328 g/mol. The molecule has 1 unspecified atom stereocenters. The first kappa shape index (κ1) is 20.7. The number of hydrogen-bond donors (Lipinski definition) is 3. The second-order valence-electron chi connectivity index (χ2n) is 8.86. The molecule has 5 nitrogen and oxygen atoms in total. The first-order chi connectivity index (χ1) is 12.0. The van der Waals surface area contributed by atoms with Crippen LogP contribution in [0.3, 0.4) is 0 Å². The van der Waals surface area contributed by atoms with Crippen LogP contribution < -0.4 is 10.6 Å². The zero-order chi connectivity index (χ0) is 19.4. The van der Waals surface area contributed by atoms with E-state index in [2.05, 4.69) is 10.6 Å². The molecule has 2 rings (SSSR count). The second kappa shape index (κ2) is 8.40. The minimum atomic E-state index is -0.854. The van der Waals surface area contributed by atoms with E-state index in [0.717, 1.165) is 31.2 Å². The molecule has 5 heteroatoms. The van der Waals surface area contributed by atoms with Gasteiger partial charge in [0.25, 0.3) is 0 Å². The molecule has 0 bridgehead atoms. The lowest BCUT2D eigenvalue weighted by Crippen LogP contribution is -2.48. The third-order valence-corrected chi connectivity index (χ3v) is 4.69. The van der Waals surface area contributed by atoms with Crippen LogP contribution in [0.4, 0.5) is 4.79 Å². The summed E-state index contributed by atoms with van der Waals surface area (Å²) in [6.07, 6.45) is 3.39. The van der Waals surface area contributed by atoms with E-state index in [1.165, 1.54) is 0 Å². The number of amides is 1. The van der Waals surface area contributed by atoms with Gasteiger partial charge in [0.2, 0.25) is 0 Å². The minimum Gasteiger partial charge on any atom is -0.444 e. The summed E-state index contributed by atoms with van der Waals surface area (Å²) in [7, 11) is 0. The number of nitrogens with one attached hydrogen (secondary N) is 2.